The van der Waals surface area contributed by atoms with Crippen LogP contribution in [0, 0.1) is 5.82 Å². The molecule has 1 aromatic heterocycles. The number of rotatable bonds is 3. The van der Waals surface area contributed by atoms with Crippen molar-refractivity contribution < 1.29 is 4.39 Å². The molecule has 0 bridgehead atoms. The van der Waals surface area contributed by atoms with E-state index in [9.17, 15) is 4.39 Å². The van der Waals surface area contributed by atoms with E-state index in [0.717, 1.165) is 5.82 Å². The molecule has 2 rings (SSSR count). The molecule has 0 spiro atoms. The van der Waals surface area contributed by atoms with Crippen LogP contribution in [0.3, 0.4) is 0 Å². The summed E-state index contributed by atoms with van der Waals surface area (Å²) in [6.07, 6.45) is 0. The van der Waals surface area contributed by atoms with Crippen LogP contribution in [0.2, 0.25) is 5.02 Å². The Balaban J connectivity index is 2.59. The summed E-state index contributed by atoms with van der Waals surface area (Å²) in [6.45, 7) is 2.64. The van der Waals surface area contributed by atoms with Crippen molar-refractivity contribution in [3.8, 4) is 11.4 Å². The first-order chi connectivity index (χ1) is 8.17. The summed E-state index contributed by atoms with van der Waals surface area (Å²) in [4.78, 5) is 0. The zero-order chi connectivity index (χ0) is 12.4. The summed E-state index contributed by atoms with van der Waals surface area (Å²) in [7, 11) is 0. The lowest BCUT2D eigenvalue weighted by Crippen LogP contribution is -2.02. The number of benzene rings is 1. The van der Waals surface area contributed by atoms with Crippen LogP contribution in [0.4, 0.5) is 4.39 Å². The van der Waals surface area contributed by atoms with E-state index < -0.39 is 0 Å². The molecule has 0 aliphatic carbocycles. The molecule has 0 unspecified atom stereocenters. The number of halogens is 3. The van der Waals surface area contributed by atoms with Gasteiger partial charge in [0.1, 0.15) is 11.6 Å². The zero-order valence-corrected chi connectivity index (χ0v) is 11.5. The van der Waals surface area contributed by atoms with Crippen LogP contribution in [0.25, 0.3) is 11.4 Å². The van der Waals surface area contributed by atoms with Gasteiger partial charge >= 0.3 is 0 Å². The molecule has 0 saturated carbocycles. The molecular formula is C11H10BrClFN3. The fourth-order valence-electron chi connectivity index (χ4n) is 1.63. The van der Waals surface area contributed by atoms with E-state index >= 15 is 0 Å². The number of aromatic nitrogens is 3. The second-order valence-corrected chi connectivity index (χ2v) is 4.44. The topological polar surface area (TPSA) is 30.7 Å². The summed E-state index contributed by atoms with van der Waals surface area (Å²) < 4.78 is 15.6. The van der Waals surface area contributed by atoms with E-state index in [0.29, 0.717) is 28.3 Å². The molecule has 0 saturated heterocycles. The third-order valence-electron chi connectivity index (χ3n) is 2.43. The highest BCUT2D eigenvalue weighted by Gasteiger charge is 2.15. The minimum absolute atomic E-state index is 0.349. The molecule has 0 aliphatic heterocycles. The molecule has 1 aromatic carbocycles. The van der Waals surface area contributed by atoms with Crippen molar-refractivity contribution in [2.75, 3.05) is 0 Å². The number of hydrogen-bond donors (Lipinski definition) is 0. The van der Waals surface area contributed by atoms with Crippen molar-refractivity contribution in [3.63, 3.8) is 0 Å². The Kier molecular flexibility index (Phi) is 3.79. The van der Waals surface area contributed by atoms with Crippen LogP contribution < -0.4 is 0 Å². The smallest absolute Gasteiger partial charge is 0.166 e. The average Bonchev–Trinajstić information content (AvgIpc) is 2.74. The van der Waals surface area contributed by atoms with E-state index in [4.69, 9.17) is 11.6 Å². The number of hydrogen-bond acceptors (Lipinski definition) is 2. The Bertz CT molecular complexity index is 542. The van der Waals surface area contributed by atoms with Gasteiger partial charge in [-0.3, -0.25) is 0 Å². The quantitative estimate of drug-likeness (QED) is 0.809. The van der Waals surface area contributed by atoms with Crippen molar-refractivity contribution in [3.05, 3.63) is 34.9 Å². The van der Waals surface area contributed by atoms with E-state index in [1.807, 2.05) is 11.5 Å². The average molecular weight is 319 g/mol. The minimum atomic E-state index is -0.349. The molecule has 0 aliphatic rings. The molecular weight excluding hydrogens is 308 g/mol. The Hall–Kier alpha value is -0.940. The highest BCUT2D eigenvalue weighted by Crippen LogP contribution is 2.25. The van der Waals surface area contributed by atoms with Crippen molar-refractivity contribution in [2.24, 2.45) is 0 Å². The van der Waals surface area contributed by atoms with Crippen LogP contribution in [0.15, 0.2) is 18.2 Å². The largest absolute Gasteiger partial charge is 0.310 e. The van der Waals surface area contributed by atoms with Gasteiger partial charge in [0.05, 0.1) is 10.9 Å². The van der Waals surface area contributed by atoms with Gasteiger partial charge in [-0.05, 0) is 25.1 Å². The van der Waals surface area contributed by atoms with Crippen molar-refractivity contribution >= 4 is 27.5 Å². The Labute approximate surface area is 112 Å². The maximum Gasteiger partial charge on any atom is 0.166 e. The molecule has 0 radical (unpaired) electrons. The van der Waals surface area contributed by atoms with E-state index in [1.165, 1.54) is 12.1 Å². The van der Waals surface area contributed by atoms with Crippen LogP contribution in [-0.4, -0.2) is 14.8 Å². The molecule has 0 atom stereocenters. The van der Waals surface area contributed by atoms with E-state index in [2.05, 4.69) is 26.1 Å². The maximum atomic E-state index is 13.7. The van der Waals surface area contributed by atoms with Gasteiger partial charge in [0.15, 0.2) is 5.82 Å². The van der Waals surface area contributed by atoms with Gasteiger partial charge in [-0.15, -0.1) is 10.2 Å². The molecule has 0 N–H and O–H groups in total. The molecule has 3 nitrogen and oxygen atoms in total. The first-order valence-corrected chi connectivity index (χ1v) is 6.60. The van der Waals surface area contributed by atoms with Crippen LogP contribution in [0.5, 0.6) is 0 Å². The molecule has 2 aromatic rings. The lowest BCUT2D eigenvalue weighted by atomic mass is 10.2. The first-order valence-electron chi connectivity index (χ1n) is 5.10. The molecule has 0 fully saturated rings. The van der Waals surface area contributed by atoms with Gasteiger partial charge in [-0.25, -0.2) is 4.39 Å². The predicted octanol–water partition coefficient (Wildman–Crippen LogP) is 3.65. The Morgan fingerprint density at radius 3 is 2.82 bits per heavy atom. The fourth-order valence-corrected chi connectivity index (χ4v) is 2.22. The summed E-state index contributed by atoms with van der Waals surface area (Å²) >= 11 is 9.19. The predicted molar refractivity (Wildman–Crippen MR) is 68.7 cm³/mol. The highest BCUT2D eigenvalue weighted by atomic mass is 79.9. The Morgan fingerprint density at radius 1 is 1.41 bits per heavy atom. The summed E-state index contributed by atoms with van der Waals surface area (Å²) in [6, 6.07) is 4.41. The van der Waals surface area contributed by atoms with Crippen LogP contribution in [0.1, 0.15) is 12.7 Å². The lowest BCUT2D eigenvalue weighted by Gasteiger charge is -2.07. The van der Waals surface area contributed by atoms with Gasteiger partial charge in [-0.2, -0.15) is 0 Å². The van der Waals surface area contributed by atoms with Crippen molar-refractivity contribution in [2.45, 2.75) is 18.8 Å². The third-order valence-corrected chi connectivity index (χ3v) is 3.17. The monoisotopic (exact) mass is 317 g/mol. The first kappa shape index (κ1) is 12.5. The van der Waals surface area contributed by atoms with Gasteiger partial charge in [-0.1, -0.05) is 27.5 Å². The number of nitrogens with zero attached hydrogens (tertiary/aromatic N) is 3. The standard InChI is InChI=1S/C11H10BrClFN3/c1-2-17-10(6-12)15-16-11(17)8-5-7(13)3-4-9(8)14/h3-5H,2,6H2,1H3. The van der Waals surface area contributed by atoms with E-state index in [-0.39, 0.29) is 5.82 Å². The normalized spacial score (nSPS) is 10.8. The summed E-state index contributed by atoms with van der Waals surface area (Å²) in [5.41, 5.74) is 0.374. The zero-order valence-electron chi connectivity index (χ0n) is 9.12. The van der Waals surface area contributed by atoms with Crippen LogP contribution >= 0.6 is 27.5 Å². The second-order valence-electron chi connectivity index (χ2n) is 3.44. The van der Waals surface area contributed by atoms with Crippen molar-refractivity contribution in [1.82, 2.24) is 14.8 Å². The van der Waals surface area contributed by atoms with Gasteiger partial charge < -0.3 is 4.57 Å². The summed E-state index contributed by atoms with van der Waals surface area (Å²) in [5, 5.41) is 9.08. The minimum Gasteiger partial charge on any atom is -0.310 e. The Morgan fingerprint density at radius 2 is 2.18 bits per heavy atom. The third kappa shape index (κ3) is 2.35. The van der Waals surface area contributed by atoms with Gasteiger partial charge in [0, 0.05) is 11.6 Å². The molecule has 6 heteroatoms. The maximum absolute atomic E-state index is 13.7. The van der Waals surface area contributed by atoms with Crippen LogP contribution in [-0.2, 0) is 11.9 Å². The summed E-state index contributed by atoms with van der Waals surface area (Å²) in [5.74, 6) is 0.918. The molecule has 17 heavy (non-hydrogen) atoms. The second kappa shape index (κ2) is 5.14. The lowest BCUT2D eigenvalue weighted by molar-refractivity contribution is 0.626. The molecule has 90 valence electrons. The number of alkyl halides is 1. The fraction of sp³-hybridized carbons (Fsp3) is 0.273. The van der Waals surface area contributed by atoms with Gasteiger partial charge in [0.25, 0.3) is 0 Å². The molecule has 0 amide bonds. The van der Waals surface area contributed by atoms with Gasteiger partial charge in [0.2, 0.25) is 0 Å². The SMILES string of the molecule is CCn1c(CBr)nnc1-c1cc(Cl)ccc1F. The molecule has 1 heterocycles. The van der Waals surface area contributed by atoms with Crippen molar-refractivity contribution in [1.29, 1.82) is 0 Å². The highest BCUT2D eigenvalue weighted by molar-refractivity contribution is 9.08. The van der Waals surface area contributed by atoms with E-state index in [1.54, 1.807) is 6.07 Å².